The Morgan fingerprint density at radius 3 is 2.89 bits per heavy atom. The van der Waals surface area contributed by atoms with E-state index >= 15 is 0 Å². The molecular weight excluding hydrogens is 224 g/mol. The number of rotatable bonds is 1. The van der Waals surface area contributed by atoms with Crippen LogP contribution in [-0.2, 0) is 0 Å². The van der Waals surface area contributed by atoms with E-state index in [2.05, 4.69) is 40.0 Å². The van der Waals surface area contributed by atoms with Gasteiger partial charge in [-0.3, -0.25) is 0 Å². The van der Waals surface area contributed by atoms with Gasteiger partial charge in [0, 0.05) is 30.5 Å². The quantitative estimate of drug-likeness (QED) is 0.763. The number of para-hydroxylation sites is 1. The topological polar surface area (TPSA) is 52.8 Å². The number of benzene rings is 1. The van der Waals surface area contributed by atoms with Crippen LogP contribution < -0.4 is 4.90 Å². The van der Waals surface area contributed by atoms with Crippen molar-refractivity contribution in [2.45, 2.75) is 12.8 Å². The second-order valence-electron chi connectivity index (χ2n) is 4.41. The average Bonchev–Trinajstić information content (AvgIpc) is 2.77. The van der Waals surface area contributed by atoms with Crippen LogP contribution in [0.1, 0.15) is 24.1 Å². The van der Waals surface area contributed by atoms with Crippen LogP contribution in [0.5, 0.6) is 0 Å². The maximum absolute atomic E-state index is 9.11. The van der Waals surface area contributed by atoms with Crippen LogP contribution >= 0.6 is 0 Å². The summed E-state index contributed by atoms with van der Waals surface area (Å²) in [6, 6.07) is 10.3. The van der Waals surface area contributed by atoms with E-state index in [1.165, 1.54) is 5.56 Å². The molecule has 1 aliphatic heterocycles. The summed E-state index contributed by atoms with van der Waals surface area (Å²) in [5.74, 6) is 1.09. The first-order valence-corrected chi connectivity index (χ1v) is 5.89. The molecule has 0 fully saturated rings. The summed E-state index contributed by atoms with van der Waals surface area (Å²) in [5, 5.41) is 9.11. The molecule has 1 unspecified atom stereocenters. The summed E-state index contributed by atoms with van der Waals surface area (Å²) in [6.45, 7) is 3.02. The molecule has 4 nitrogen and oxygen atoms in total. The number of aromatic nitrogens is 2. The Morgan fingerprint density at radius 1 is 1.28 bits per heavy atom. The standard InChI is InChI=1S/C14H12N4/c1-10-9-18(13-5-3-2-4-11(10)13)14-12(8-15)16-6-7-17-14/h2-7,10H,9H2,1H3. The van der Waals surface area contributed by atoms with Crippen molar-refractivity contribution in [3.8, 4) is 6.07 Å². The van der Waals surface area contributed by atoms with Crippen molar-refractivity contribution < 1.29 is 0 Å². The molecule has 0 radical (unpaired) electrons. The molecule has 0 aliphatic carbocycles. The highest BCUT2D eigenvalue weighted by molar-refractivity contribution is 5.71. The Labute approximate surface area is 106 Å². The lowest BCUT2D eigenvalue weighted by Gasteiger charge is -2.18. The van der Waals surface area contributed by atoms with Crippen molar-refractivity contribution in [3.05, 3.63) is 47.9 Å². The Hall–Kier alpha value is -2.41. The van der Waals surface area contributed by atoms with Crippen LogP contribution in [0.4, 0.5) is 11.5 Å². The van der Waals surface area contributed by atoms with E-state index in [0.717, 1.165) is 12.2 Å². The van der Waals surface area contributed by atoms with Crippen LogP contribution in [0.3, 0.4) is 0 Å². The smallest absolute Gasteiger partial charge is 0.183 e. The van der Waals surface area contributed by atoms with Crippen molar-refractivity contribution in [1.82, 2.24) is 9.97 Å². The molecule has 1 atom stereocenters. The summed E-state index contributed by atoms with van der Waals surface area (Å²) in [7, 11) is 0. The van der Waals surface area contributed by atoms with Crippen LogP contribution in [0.2, 0.25) is 0 Å². The molecule has 0 N–H and O–H groups in total. The minimum Gasteiger partial charge on any atom is -0.323 e. The van der Waals surface area contributed by atoms with Gasteiger partial charge in [0.25, 0.3) is 0 Å². The molecule has 0 spiro atoms. The van der Waals surface area contributed by atoms with E-state index < -0.39 is 0 Å². The van der Waals surface area contributed by atoms with E-state index in [4.69, 9.17) is 5.26 Å². The Morgan fingerprint density at radius 2 is 2.06 bits per heavy atom. The van der Waals surface area contributed by atoms with Crippen LogP contribution in [0.25, 0.3) is 0 Å². The van der Waals surface area contributed by atoms with E-state index in [1.807, 2.05) is 12.1 Å². The van der Waals surface area contributed by atoms with Crippen LogP contribution in [0, 0.1) is 11.3 Å². The molecule has 0 amide bonds. The number of fused-ring (bicyclic) bond motifs is 1. The fourth-order valence-corrected chi connectivity index (χ4v) is 2.43. The molecule has 4 heteroatoms. The molecule has 3 rings (SSSR count). The van der Waals surface area contributed by atoms with Crippen molar-refractivity contribution in [3.63, 3.8) is 0 Å². The molecule has 0 bridgehead atoms. The first-order chi connectivity index (χ1) is 8.81. The first-order valence-electron chi connectivity index (χ1n) is 5.89. The summed E-state index contributed by atoms with van der Waals surface area (Å²) in [6.07, 6.45) is 3.18. The van der Waals surface area contributed by atoms with Gasteiger partial charge in [-0.1, -0.05) is 25.1 Å². The second-order valence-corrected chi connectivity index (χ2v) is 4.41. The van der Waals surface area contributed by atoms with Gasteiger partial charge in [0.15, 0.2) is 11.5 Å². The van der Waals surface area contributed by atoms with Gasteiger partial charge < -0.3 is 4.90 Å². The van der Waals surface area contributed by atoms with E-state index in [0.29, 0.717) is 17.4 Å². The van der Waals surface area contributed by atoms with Gasteiger partial charge in [0.2, 0.25) is 0 Å². The Balaban J connectivity index is 2.13. The normalized spacial score (nSPS) is 17.3. The van der Waals surface area contributed by atoms with Crippen molar-refractivity contribution in [2.24, 2.45) is 0 Å². The molecule has 0 saturated heterocycles. The zero-order chi connectivity index (χ0) is 12.5. The fourth-order valence-electron chi connectivity index (χ4n) is 2.43. The van der Waals surface area contributed by atoms with Gasteiger partial charge in [-0.25, -0.2) is 9.97 Å². The lowest BCUT2D eigenvalue weighted by Crippen LogP contribution is -2.17. The summed E-state index contributed by atoms with van der Waals surface area (Å²) < 4.78 is 0. The number of nitriles is 1. The highest BCUT2D eigenvalue weighted by Gasteiger charge is 2.28. The molecular formula is C14H12N4. The second kappa shape index (κ2) is 4.11. The van der Waals surface area contributed by atoms with Gasteiger partial charge in [0.05, 0.1) is 0 Å². The third kappa shape index (κ3) is 1.52. The predicted molar refractivity (Wildman–Crippen MR) is 68.6 cm³/mol. The summed E-state index contributed by atoms with van der Waals surface area (Å²) >= 11 is 0. The Bertz CT molecular complexity index is 630. The van der Waals surface area contributed by atoms with Crippen molar-refractivity contribution in [2.75, 3.05) is 11.4 Å². The zero-order valence-corrected chi connectivity index (χ0v) is 10.0. The minimum atomic E-state index is 0.376. The molecule has 1 aliphatic rings. The molecule has 0 saturated carbocycles. The number of nitrogens with zero attached hydrogens (tertiary/aromatic N) is 4. The molecule has 88 valence electrons. The zero-order valence-electron chi connectivity index (χ0n) is 10.0. The van der Waals surface area contributed by atoms with Crippen molar-refractivity contribution >= 4 is 11.5 Å². The highest BCUT2D eigenvalue weighted by atomic mass is 15.2. The lowest BCUT2D eigenvalue weighted by atomic mass is 10.0. The number of anilines is 2. The number of hydrogen-bond acceptors (Lipinski definition) is 4. The monoisotopic (exact) mass is 236 g/mol. The largest absolute Gasteiger partial charge is 0.323 e. The van der Waals surface area contributed by atoms with E-state index in [-0.39, 0.29) is 0 Å². The third-order valence-electron chi connectivity index (χ3n) is 3.26. The first kappa shape index (κ1) is 10.7. The fraction of sp³-hybridized carbons (Fsp3) is 0.214. The Kier molecular flexibility index (Phi) is 2.45. The lowest BCUT2D eigenvalue weighted by molar-refractivity contribution is 0.805. The van der Waals surface area contributed by atoms with Gasteiger partial charge >= 0.3 is 0 Å². The number of hydrogen-bond donors (Lipinski definition) is 0. The summed E-state index contributed by atoms with van der Waals surface area (Å²) in [5.41, 5.74) is 2.80. The predicted octanol–water partition coefficient (Wildman–Crippen LogP) is 2.60. The molecule has 2 aromatic rings. The van der Waals surface area contributed by atoms with Gasteiger partial charge in [-0.15, -0.1) is 0 Å². The average molecular weight is 236 g/mol. The van der Waals surface area contributed by atoms with Gasteiger partial charge in [0.1, 0.15) is 6.07 Å². The minimum absolute atomic E-state index is 0.376. The molecule has 1 aromatic carbocycles. The molecule has 18 heavy (non-hydrogen) atoms. The third-order valence-corrected chi connectivity index (χ3v) is 3.26. The maximum atomic E-state index is 9.11. The van der Waals surface area contributed by atoms with E-state index in [1.54, 1.807) is 12.4 Å². The van der Waals surface area contributed by atoms with E-state index in [9.17, 15) is 0 Å². The van der Waals surface area contributed by atoms with Crippen molar-refractivity contribution in [1.29, 1.82) is 5.26 Å². The molecule has 2 heterocycles. The van der Waals surface area contributed by atoms with Crippen LogP contribution in [-0.4, -0.2) is 16.5 Å². The van der Waals surface area contributed by atoms with Gasteiger partial charge in [-0.2, -0.15) is 5.26 Å². The van der Waals surface area contributed by atoms with Gasteiger partial charge in [-0.05, 0) is 11.6 Å². The van der Waals surface area contributed by atoms with Crippen LogP contribution in [0.15, 0.2) is 36.7 Å². The summed E-state index contributed by atoms with van der Waals surface area (Å²) in [4.78, 5) is 10.5. The highest BCUT2D eigenvalue weighted by Crippen LogP contribution is 2.40. The SMILES string of the molecule is CC1CN(c2nccnc2C#N)c2ccccc21. The molecule has 1 aromatic heterocycles. The maximum Gasteiger partial charge on any atom is 0.183 e.